The number of aryl methyl sites for hydroxylation is 1. The van der Waals surface area contributed by atoms with Crippen molar-refractivity contribution in [2.24, 2.45) is 0 Å². The fourth-order valence-electron chi connectivity index (χ4n) is 1.44. The Labute approximate surface area is 103 Å². The molecular formula is C14H20O3. The molecule has 0 radical (unpaired) electrons. The highest BCUT2D eigenvalue weighted by Gasteiger charge is 2.05. The molecule has 0 aliphatic carbocycles. The fraction of sp³-hybridized carbons (Fsp3) is 0.500. The van der Waals surface area contributed by atoms with Crippen LogP contribution in [0.2, 0.25) is 0 Å². The van der Waals surface area contributed by atoms with E-state index in [0.717, 1.165) is 25.7 Å². The molecule has 1 rings (SSSR count). The van der Waals surface area contributed by atoms with Crippen LogP contribution < -0.4 is 4.74 Å². The van der Waals surface area contributed by atoms with Crippen LogP contribution in [0.3, 0.4) is 0 Å². The van der Waals surface area contributed by atoms with Crippen molar-refractivity contribution >= 4 is 6.16 Å². The molecule has 0 unspecified atom stereocenters. The highest BCUT2D eigenvalue weighted by Crippen LogP contribution is 2.14. The average Bonchev–Trinajstić information content (AvgIpc) is 2.32. The van der Waals surface area contributed by atoms with E-state index in [1.54, 1.807) is 12.1 Å². The first kappa shape index (κ1) is 13.6. The SMILES string of the molecule is CCCCOC(=O)Oc1ccc(CCC)cc1. The van der Waals surface area contributed by atoms with Crippen LogP contribution in [0.25, 0.3) is 0 Å². The molecule has 17 heavy (non-hydrogen) atoms. The van der Waals surface area contributed by atoms with Gasteiger partial charge >= 0.3 is 6.16 Å². The van der Waals surface area contributed by atoms with Gasteiger partial charge in [-0.15, -0.1) is 0 Å². The molecule has 0 aliphatic heterocycles. The topological polar surface area (TPSA) is 35.5 Å². The lowest BCUT2D eigenvalue weighted by molar-refractivity contribution is 0.0978. The van der Waals surface area contributed by atoms with Gasteiger partial charge in [-0.05, 0) is 30.5 Å². The smallest absolute Gasteiger partial charge is 0.434 e. The average molecular weight is 236 g/mol. The molecule has 0 heterocycles. The number of unbranched alkanes of at least 4 members (excludes halogenated alkanes) is 1. The Morgan fingerprint density at radius 3 is 2.41 bits per heavy atom. The van der Waals surface area contributed by atoms with Gasteiger partial charge in [0.1, 0.15) is 5.75 Å². The molecule has 94 valence electrons. The number of ether oxygens (including phenoxy) is 2. The van der Waals surface area contributed by atoms with Crippen molar-refractivity contribution < 1.29 is 14.3 Å². The maximum atomic E-state index is 11.3. The molecule has 0 saturated carbocycles. The minimum absolute atomic E-state index is 0.420. The van der Waals surface area contributed by atoms with Crippen LogP contribution in [0.1, 0.15) is 38.7 Å². The van der Waals surface area contributed by atoms with Gasteiger partial charge in [0.25, 0.3) is 0 Å². The lowest BCUT2D eigenvalue weighted by atomic mass is 10.1. The summed E-state index contributed by atoms with van der Waals surface area (Å²) in [6.45, 7) is 4.60. The summed E-state index contributed by atoms with van der Waals surface area (Å²) in [4.78, 5) is 11.3. The Hall–Kier alpha value is -1.51. The zero-order valence-corrected chi connectivity index (χ0v) is 10.6. The van der Waals surface area contributed by atoms with Crippen molar-refractivity contribution in [1.29, 1.82) is 0 Å². The Morgan fingerprint density at radius 2 is 1.82 bits per heavy atom. The monoisotopic (exact) mass is 236 g/mol. The van der Waals surface area contributed by atoms with E-state index in [4.69, 9.17) is 9.47 Å². The molecule has 0 N–H and O–H groups in total. The summed E-state index contributed by atoms with van der Waals surface area (Å²) in [5.41, 5.74) is 1.25. The third kappa shape index (κ3) is 5.38. The molecule has 0 fully saturated rings. The second-order valence-corrected chi connectivity index (χ2v) is 3.95. The van der Waals surface area contributed by atoms with Crippen LogP contribution in [0.5, 0.6) is 5.75 Å². The zero-order chi connectivity index (χ0) is 12.5. The summed E-state index contributed by atoms with van der Waals surface area (Å²) in [6.07, 6.45) is 3.39. The lowest BCUT2D eigenvalue weighted by Crippen LogP contribution is -2.11. The fourth-order valence-corrected chi connectivity index (χ4v) is 1.44. The van der Waals surface area contributed by atoms with Crippen molar-refractivity contribution in [3.63, 3.8) is 0 Å². The molecular weight excluding hydrogens is 216 g/mol. The Balaban J connectivity index is 2.37. The Morgan fingerprint density at radius 1 is 1.12 bits per heavy atom. The summed E-state index contributed by atoms with van der Waals surface area (Å²) in [5.74, 6) is 0.534. The van der Waals surface area contributed by atoms with Crippen LogP contribution >= 0.6 is 0 Å². The van der Waals surface area contributed by atoms with Crippen molar-refractivity contribution in [2.75, 3.05) is 6.61 Å². The molecule has 3 nitrogen and oxygen atoms in total. The van der Waals surface area contributed by atoms with Crippen molar-refractivity contribution in [2.45, 2.75) is 39.5 Å². The second-order valence-electron chi connectivity index (χ2n) is 3.95. The Kier molecular flexibility index (Phi) is 6.15. The first-order valence-corrected chi connectivity index (χ1v) is 6.19. The van der Waals surface area contributed by atoms with Crippen LogP contribution in [-0.2, 0) is 11.2 Å². The minimum Gasteiger partial charge on any atom is -0.434 e. The predicted octanol–water partition coefficient (Wildman–Crippen LogP) is 3.95. The van der Waals surface area contributed by atoms with Gasteiger partial charge in [0.15, 0.2) is 0 Å². The summed E-state index contributed by atoms with van der Waals surface area (Å²) >= 11 is 0. The van der Waals surface area contributed by atoms with Gasteiger partial charge in [0.05, 0.1) is 6.61 Å². The summed E-state index contributed by atoms with van der Waals surface area (Å²) in [6, 6.07) is 7.54. The molecule has 0 bridgehead atoms. The molecule has 3 heteroatoms. The van der Waals surface area contributed by atoms with Gasteiger partial charge in [-0.3, -0.25) is 0 Å². The number of rotatable bonds is 6. The van der Waals surface area contributed by atoms with Gasteiger partial charge in [0, 0.05) is 0 Å². The molecule has 0 amide bonds. The maximum absolute atomic E-state index is 11.3. The van der Waals surface area contributed by atoms with Crippen molar-refractivity contribution in [1.82, 2.24) is 0 Å². The van der Waals surface area contributed by atoms with Crippen molar-refractivity contribution in [3.8, 4) is 5.75 Å². The number of hydrogen-bond acceptors (Lipinski definition) is 3. The van der Waals surface area contributed by atoms with E-state index in [0.29, 0.717) is 12.4 Å². The summed E-state index contributed by atoms with van der Waals surface area (Å²) in [5, 5.41) is 0. The van der Waals surface area contributed by atoms with Crippen LogP contribution in [0.15, 0.2) is 24.3 Å². The van der Waals surface area contributed by atoms with Gasteiger partial charge in [-0.25, -0.2) is 4.79 Å². The van der Waals surface area contributed by atoms with E-state index in [9.17, 15) is 4.79 Å². The number of carbonyl (C=O) groups excluding carboxylic acids is 1. The normalized spacial score (nSPS) is 10.0. The molecule has 0 aromatic heterocycles. The van der Waals surface area contributed by atoms with Crippen LogP contribution in [0.4, 0.5) is 4.79 Å². The van der Waals surface area contributed by atoms with E-state index in [-0.39, 0.29) is 0 Å². The van der Waals surface area contributed by atoms with Crippen LogP contribution in [0, 0.1) is 0 Å². The van der Waals surface area contributed by atoms with E-state index >= 15 is 0 Å². The van der Waals surface area contributed by atoms with E-state index in [1.165, 1.54) is 5.56 Å². The van der Waals surface area contributed by atoms with E-state index < -0.39 is 6.16 Å². The largest absolute Gasteiger partial charge is 0.513 e. The number of hydrogen-bond donors (Lipinski definition) is 0. The minimum atomic E-state index is -0.623. The van der Waals surface area contributed by atoms with Crippen molar-refractivity contribution in [3.05, 3.63) is 29.8 Å². The maximum Gasteiger partial charge on any atom is 0.513 e. The van der Waals surface area contributed by atoms with Gasteiger partial charge in [-0.1, -0.05) is 38.8 Å². The predicted molar refractivity (Wildman–Crippen MR) is 67.3 cm³/mol. The molecule has 0 aliphatic rings. The summed E-state index contributed by atoms with van der Waals surface area (Å²) in [7, 11) is 0. The molecule has 1 aromatic carbocycles. The second kappa shape index (κ2) is 7.71. The highest BCUT2D eigenvalue weighted by molar-refractivity contribution is 5.63. The summed E-state index contributed by atoms with van der Waals surface area (Å²) < 4.78 is 9.94. The quantitative estimate of drug-likeness (QED) is 0.426. The molecule has 0 saturated heterocycles. The first-order valence-electron chi connectivity index (χ1n) is 6.19. The van der Waals surface area contributed by atoms with E-state index in [2.05, 4.69) is 6.92 Å². The first-order chi connectivity index (χ1) is 8.26. The van der Waals surface area contributed by atoms with Gasteiger partial charge < -0.3 is 9.47 Å². The number of benzene rings is 1. The van der Waals surface area contributed by atoms with Crippen LogP contribution in [-0.4, -0.2) is 12.8 Å². The third-order valence-electron chi connectivity index (χ3n) is 2.38. The Bertz CT molecular complexity index is 330. The standard InChI is InChI=1S/C14H20O3/c1-3-5-11-16-14(15)17-13-9-7-12(6-4-2)8-10-13/h7-10H,3-6,11H2,1-2H3. The van der Waals surface area contributed by atoms with Gasteiger partial charge in [0.2, 0.25) is 0 Å². The van der Waals surface area contributed by atoms with E-state index in [1.807, 2.05) is 19.1 Å². The molecule has 0 atom stereocenters. The zero-order valence-electron chi connectivity index (χ0n) is 10.6. The van der Waals surface area contributed by atoms with Gasteiger partial charge in [-0.2, -0.15) is 0 Å². The lowest BCUT2D eigenvalue weighted by Gasteiger charge is -2.06. The number of carbonyl (C=O) groups is 1. The molecule has 1 aromatic rings. The molecule has 0 spiro atoms. The third-order valence-corrected chi connectivity index (χ3v) is 2.38. The highest BCUT2D eigenvalue weighted by atomic mass is 16.7.